The molecule has 1 aromatic heterocycles. The van der Waals surface area contributed by atoms with Gasteiger partial charge in [-0.3, -0.25) is 9.48 Å². The maximum atomic E-state index is 10.3. The van der Waals surface area contributed by atoms with E-state index in [1.54, 1.807) is 23.0 Å². The highest BCUT2D eigenvalue weighted by atomic mass is 16.1. The quantitative estimate of drug-likeness (QED) is 0.601. The molecule has 58 valence electrons. The smallest absolute Gasteiger partial charge is 0.241 e. The average molecular weight is 151 g/mol. The second kappa shape index (κ2) is 3.01. The molecule has 11 heavy (non-hydrogen) atoms. The molecule has 1 rings (SSSR count). The van der Waals surface area contributed by atoms with Crippen LogP contribution in [-0.4, -0.2) is 15.7 Å². The summed E-state index contributed by atoms with van der Waals surface area (Å²) in [6, 6.07) is 1.79. The van der Waals surface area contributed by atoms with E-state index in [1.165, 1.54) is 6.08 Å². The molecule has 2 N–H and O–H groups in total. The van der Waals surface area contributed by atoms with Crippen LogP contribution in [0.2, 0.25) is 0 Å². The Bertz CT molecular complexity index is 288. The summed E-state index contributed by atoms with van der Waals surface area (Å²) < 4.78 is 1.65. The van der Waals surface area contributed by atoms with Crippen molar-refractivity contribution in [3.8, 4) is 0 Å². The second-order valence-corrected chi connectivity index (χ2v) is 2.15. The molecule has 0 fully saturated rings. The van der Waals surface area contributed by atoms with Gasteiger partial charge in [0.1, 0.15) is 0 Å². The lowest BCUT2D eigenvalue weighted by atomic mass is 10.4. The monoisotopic (exact) mass is 151 g/mol. The molecule has 0 bridgehead atoms. The number of aromatic nitrogens is 2. The molecule has 0 unspecified atom stereocenters. The molecule has 0 saturated carbocycles. The largest absolute Gasteiger partial charge is 0.366 e. The maximum absolute atomic E-state index is 10.3. The Morgan fingerprint density at radius 1 is 1.82 bits per heavy atom. The van der Waals surface area contributed by atoms with Gasteiger partial charge in [-0.1, -0.05) is 0 Å². The van der Waals surface area contributed by atoms with Crippen molar-refractivity contribution in [2.75, 3.05) is 0 Å². The number of carbonyl (C=O) groups is 1. The van der Waals surface area contributed by atoms with Gasteiger partial charge in [-0.25, -0.2) is 0 Å². The van der Waals surface area contributed by atoms with E-state index in [-0.39, 0.29) is 0 Å². The number of primary amides is 1. The molecule has 0 spiro atoms. The van der Waals surface area contributed by atoms with Crippen LogP contribution in [0.25, 0.3) is 6.08 Å². The van der Waals surface area contributed by atoms with Crippen molar-refractivity contribution < 1.29 is 4.79 Å². The molecular weight excluding hydrogens is 142 g/mol. The van der Waals surface area contributed by atoms with Crippen molar-refractivity contribution in [3.63, 3.8) is 0 Å². The third-order valence-corrected chi connectivity index (χ3v) is 1.15. The number of hydrogen-bond donors (Lipinski definition) is 1. The normalized spacial score (nSPS) is 10.6. The molecule has 0 radical (unpaired) electrons. The van der Waals surface area contributed by atoms with Crippen LogP contribution in [0.4, 0.5) is 0 Å². The molecule has 0 aliphatic carbocycles. The minimum Gasteiger partial charge on any atom is -0.366 e. The predicted octanol–water partition coefficient (Wildman–Crippen LogP) is -0.0814. The predicted molar refractivity (Wildman–Crippen MR) is 41.4 cm³/mol. The zero-order valence-corrected chi connectivity index (χ0v) is 6.19. The van der Waals surface area contributed by atoms with Gasteiger partial charge >= 0.3 is 0 Å². The van der Waals surface area contributed by atoms with Crippen LogP contribution < -0.4 is 5.73 Å². The fourth-order valence-electron chi connectivity index (χ4n) is 0.689. The molecule has 1 heterocycles. The van der Waals surface area contributed by atoms with E-state index in [0.29, 0.717) is 0 Å². The fraction of sp³-hybridized carbons (Fsp3) is 0.143. The van der Waals surface area contributed by atoms with E-state index < -0.39 is 5.91 Å². The third kappa shape index (κ3) is 2.25. The summed E-state index contributed by atoms with van der Waals surface area (Å²) in [5, 5.41) is 4.00. The van der Waals surface area contributed by atoms with Crippen molar-refractivity contribution in [1.82, 2.24) is 9.78 Å². The molecule has 4 nitrogen and oxygen atoms in total. The fourth-order valence-corrected chi connectivity index (χ4v) is 0.689. The number of hydrogen-bond acceptors (Lipinski definition) is 2. The first-order chi connectivity index (χ1) is 5.18. The summed E-state index contributed by atoms with van der Waals surface area (Å²) in [7, 11) is 1.81. The van der Waals surface area contributed by atoms with Gasteiger partial charge in [-0.2, -0.15) is 5.10 Å². The minimum absolute atomic E-state index is 0.462. The molecule has 0 saturated heterocycles. The standard InChI is InChI=1S/C7H9N3O/c1-10-5-4-6(9-10)2-3-7(8)11/h2-5H,1H3,(H2,8,11). The number of carbonyl (C=O) groups excluding carboxylic acids is 1. The lowest BCUT2D eigenvalue weighted by Crippen LogP contribution is -2.05. The summed E-state index contributed by atoms with van der Waals surface area (Å²) in [6.07, 6.45) is 4.64. The Balaban J connectivity index is 2.71. The minimum atomic E-state index is -0.462. The van der Waals surface area contributed by atoms with Crippen LogP contribution in [-0.2, 0) is 11.8 Å². The van der Waals surface area contributed by atoms with Crippen LogP contribution in [0.5, 0.6) is 0 Å². The first kappa shape index (κ1) is 7.53. The highest BCUT2D eigenvalue weighted by molar-refractivity contribution is 5.89. The topological polar surface area (TPSA) is 60.9 Å². The Kier molecular flexibility index (Phi) is 2.06. The van der Waals surface area contributed by atoms with Gasteiger partial charge in [-0.05, 0) is 12.1 Å². The highest BCUT2D eigenvalue weighted by Gasteiger charge is 1.90. The summed E-state index contributed by atoms with van der Waals surface area (Å²) in [5.41, 5.74) is 5.61. The Labute approximate surface area is 64.3 Å². The van der Waals surface area contributed by atoms with E-state index in [2.05, 4.69) is 5.10 Å². The molecule has 1 aromatic rings. The maximum Gasteiger partial charge on any atom is 0.241 e. The van der Waals surface area contributed by atoms with Crippen molar-refractivity contribution in [3.05, 3.63) is 24.0 Å². The van der Waals surface area contributed by atoms with Crippen LogP contribution in [0.1, 0.15) is 5.69 Å². The van der Waals surface area contributed by atoms with E-state index in [9.17, 15) is 4.79 Å². The number of rotatable bonds is 2. The molecular formula is C7H9N3O. The van der Waals surface area contributed by atoms with Crippen molar-refractivity contribution >= 4 is 12.0 Å². The van der Waals surface area contributed by atoms with E-state index in [1.807, 2.05) is 7.05 Å². The van der Waals surface area contributed by atoms with Gasteiger partial charge in [0.25, 0.3) is 0 Å². The average Bonchev–Trinajstić information content (AvgIpc) is 2.31. The SMILES string of the molecule is Cn1ccc(C=CC(N)=O)n1. The molecule has 0 aliphatic heterocycles. The van der Waals surface area contributed by atoms with Gasteiger partial charge in [0.05, 0.1) is 5.69 Å². The van der Waals surface area contributed by atoms with Gasteiger partial charge in [0.15, 0.2) is 0 Å². The third-order valence-electron chi connectivity index (χ3n) is 1.15. The highest BCUT2D eigenvalue weighted by Crippen LogP contribution is 1.95. The molecule has 0 aliphatic rings. The molecule has 1 amide bonds. The van der Waals surface area contributed by atoms with E-state index in [0.717, 1.165) is 5.69 Å². The molecule has 4 heteroatoms. The zero-order valence-electron chi connectivity index (χ0n) is 6.19. The summed E-state index contributed by atoms with van der Waals surface area (Å²) in [6.45, 7) is 0. The number of aryl methyl sites for hydroxylation is 1. The number of nitrogens with zero attached hydrogens (tertiary/aromatic N) is 2. The Hall–Kier alpha value is -1.58. The number of amides is 1. The summed E-state index contributed by atoms with van der Waals surface area (Å²) in [4.78, 5) is 10.3. The number of nitrogens with two attached hydrogens (primary N) is 1. The van der Waals surface area contributed by atoms with Crippen LogP contribution in [0.15, 0.2) is 18.3 Å². The van der Waals surface area contributed by atoms with Gasteiger partial charge in [0.2, 0.25) is 5.91 Å². The van der Waals surface area contributed by atoms with Crippen molar-refractivity contribution in [2.45, 2.75) is 0 Å². The Morgan fingerprint density at radius 2 is 2.55 bits per heavy atom. The molecule has 0 aromatic carbocycles. The summed E-state index contributed by atoms with van der Waals surface area (Å²) >= 11 is 0. The van der Waals surface area contributed by atoms with Gasteiger partial charge < -0.3 is 5.73 Å². The van der Waals surface area contributed by atoms with Crippen LogP contribution >= 0.6 is 0 Å². The summed E-state index contributed by atoms with van der Waals surface area (Å²) in [5.74, 6) is -0.462. The lowest BCUT2D eigenvalue weighted by Gasteiger charge is -1.83. The second-order valence-electron chi connectivity index (χ2n) is 2.15. The lowest BCUT2D eigenvalue weighted by molar-refractivity contribution is -0.113. The van der Waals surface area contributed by atoms with Crippen LogP contribution in [0, 0.1) is 0 Å². The van der Waals surface area contributed by atoms with Gasteiger partial charge in [-0.15, -0.1) is 0 Å². The molecule has 0 atom stereocenters. The van der Waals surface area contributed by atoms with E-state index in [4.69, 9.17) is 5.73 Å². The van der Waals surface area contributed by atoms with E-state index >= 15 is 0 Å². The van der Waals surface area contributed by atoms with Crippen LogP contribution in [0.3, 0.4) is 0 Å². The van der Waals surface area contributed by atoms with Crippen molar-refractivity contribution in [1.29, 1.82) is 0 Å². The Morgan fingerprint density at radius 3 is 3.00 bits per heavy atom. The first-order valence-corrected chi connectivity index (χ1v) is 3.15. The van der Waals surface area contributed by atoms with Gasteiger partial charge in [0, 0.05) is 19.3 Å². The van der Waals surface area contributed by atoms with Crippen molar-refractivity contribution in [2.24, 2.45) is 12.8 Å². The zero-order chi connectivity index (χ0) is 8.27. The first-order valence-electron chi connectivity index (χ1n) is 3.15.